The van der Waals surface area contributed by atoms with Crippen molar-refractivity contribution >= 4 is 51.6 Å². The molecule has 3 fully saturated rings. The van der Waals surface area contributed by atoms with Crippen LogP contribution in [0.4, 0.5) is 11.4 Å². The van der Waals surface area contributed by atoms with Crippen LogP contribution in [0.25, 0.3) is 10.8 Å². The van der Waals surface area contributed by atoms with Crippen molar-refractivity contribution in [1.82, 2.24) is 4.90 Å². The number of aliphatic hydroxyl groups excluding tert-OH is 1. The Morgan fingerprint density at radius 1 is 1.00 bits per heavy atom. The molecule has 3 heterocycles. The number of nitrogens with zero attached hydrogens (tertiary/aromatic N) is 3. The smallest absolute Gasteiger partial charge is 0.251 e. The van der Waals surface area contributed by atoms with Crippen molar-refractivity contribution in [3.8, 4) is 5.75 Å². The Hall–Kier alpha value is -4.08. The van der Waals surface area contributed by atoms with E-state index in [1.807, 2.05) is 87.5 Å². The van der Waals surface area contributed by atoms with Gasteiger partial charge in [-0.15, -0.1) is 24.9 Å². The van der Waals surface area contributed by atoms with Crippen LogP contribution in [0, 0.1) is 17.8 Å². The van der Waals surface area contributed by atoms with Crippen molar-refractivity contribution < 1.29 is 24.2 Å². The summed E-state index contributed by atoms with van der Waals surface area (Å²) in [6.07, 6.45) is 4.74. The summed E-state index contributed by atoms with van der Waals surface area (Å²) in [7, 11) is 0. The van der Waals surface area contributed by atoms with E-state index in [-0.39, 0.29) is 48.6 Å². The zero-order chi connectivity index (χ0) is 34.2. The SMILES string of the molecule is C=CCN(C(=O)C1N([C@@H](CO)C(C)C)C(=O)[C@@H]2[C@H](C(=O)N(CC=C)c3ccc(OCC)cc3)[C@@H]3CCC12S3)c1ccc2ccccc2c1. The number of anilines is 2. The lowest BCUT2D eigenvalue weighted by Crippen LogP contribution is -2.58. The van der Waals surface area contributed by atoms with E-state index in [2.05, 4.69) is 13.2 Å². The van der Waals surface area contributed by atoms with Crippen LogP contribution in [0.3, 0.4) is 0 Å². The summed E-state index contributed by atoms with van der Waals surface area (Å²) in [5.41, 5.74) is 1.41. The Bertz CT molecular complexity index is 1710. The number of carbonyl (C=O) groups excluding carboxylic acids is 3. The van der Waals surface area contributed by atoms with Crippen molar-refractivity contribution in [2.24, 2.45) is 17.8 Å². The first-order chi connectivity index (χ1) is 23.2. The summed E-state index contributed by atoms with van der Waals surface area (Å²) in [6.45, 7) is 14.5. The van der Waals surface area contributed by atoms with Crippen LogP contribution in [0.5, 0.6) is 5.75 Å². The molecule has 252 valence electrons. The molecule has 3 aliphatic rings. The fraction of sp³-hybridized carbons (Fsp3) is 0.410. The fourth-order valence-electron chi connectivity index (χ4n) is 8.09. The molecular weight excluding hydrogens is 623 g/mol. The van der Waals surface area contributed by atoms with Gasteiger partial charge in [0.1, 0.15) is 11.8 Å². The standard InChI is InChI=1S/C39H45N3O5S/c1-6-21-40(28-15-17-30(18-16-28)47-8-3)36(44)33-32-19-20-39(48-32)34(33)37(45)42(31(24-43)25(4)5)35(39)38(46)41(22-7-2)29-14-13-26-11-9-10-12-27(26)23-29/h6-7,9-18,23,25,31-35,43H,1-2,8,19-22,24H2,3-5H3/t31-,32-,33+,34-,35?,39?/m0/s1. The van der Waals surface area contributed by atoms with Gasteiger partial charge in [-0.2, -0.15) is 0 Å². The Labute approximate surface area is 287 Å². The van der Waals surface area contributed by atoms with E-state index in [0.717, 1.165) is 17.2 Å². The van der Waals surface area contributed by atoms with Gasteiger partial charge < -0.3 is 24.5 Å². The minimum Gasteiger partial charge on any atom is -0.494 e. The second-order valence-corrected chi connectivity index (χ2v) is 14.8. The van der Waals surface area contributed by atoms with Crippen LogP contribution in [0.15, 0.2) is 92.0 Å². The summed E-state index contributed by atoms with van der Waals surface area (Å²) >= 11 is 1.63. The highest BCUT2D eigenvalue weighted by Gasteiger charge is 2.74. The van der Waals surface area contributed by atoms with Crippen LogP contribution in [-0.4, -0.2) is 76.1 Å². The molecule has 0 aliphatic carbocycles. The molecule has 0 aromatic heterocycles. The van der Waals surface area contributed by atoms with Crippen LogP contribution in [0.1, 0.15) is 33.6 Å². The molecule has 3 saturated heterocycles. The van der Waals surface area contributed by atoms with Crippen LogP contribution in [-0.2, 0) is 14.4 Å². The Morgan fingerprint density at radius 2 is 1.65 bits per heavy atom. The normalized spacial score (nSPS) is 24.9. The number of benzene rings is 3. The van der Waals surface area contributed by atoms with E-state index in [4.69, 9.17) is 4.74 Å². The van der Waals surface area contributed by atoms with Gasteiger partial charge in [0.25, 0.3) is 5.91 Å². The molecular formula is C39H45N3O5S. The lowest BCUT2D eigenvalue weighted by molar-refractivity contribution is -0.142. The third kappa shape index (κ3) is 5.60. The van der Waals surface area contributed by atoms with Gasteiger partial charge in [0.15, 0.2) is 0 Å². The first-order valence-corrected chi connectivity index (χ1v) is 17.8. The van der Waals surface area contributed by atoms with E-state index in [0.29, 0.717) is 30.2 Å². The molecule has 48 heavy (non-hydrogen) atoms. The third-order valence-electron chi connectivity index (χ3n) is 10.2. The van der Waals surface area contributed by atoms with Gasteiger partial charge in [0.05, 0.1) is 35.8 Å². The minimum atomic E-state index is -0.855. The van der Waals surface area contributed by atoms with Crippen LogP contribution >= 0.6 is 11.8 Å². The molecule has 0 saturated carbocycles. The maximum absolute atomic E-state index is 15.1. The molecule has 1 spiro atoms. The van der Waals surface area contributed by atoms with Gasteiger partial charge in [0, 0.05) is 29.7 Å². The van der Waals surface area contributed by atoms with E-state index in [9.17, 15) is 14.7 Å². The number of ether oxygens (including phenoxy) is 1. The number of amides is 3. The van der Waals surface area contributed by atoms with E-state index in [1.54, 1.807) is 38.6 Å². The minimum absolute atomic E-state index is 0.112. The highest BCUT2D eigenvalue weighted by molar-refractivity contribution is 8.02. The number of aliphatic hydroxyl groups is 1. The van der Waals surface area contributed by atoms with Gasteiger partial charge >= 0.3 is 0 Å². The topological polar surface area (TPSA) is 90.4 Å². The molecule has 8 nitrogen and oxygen atoms in total. The van der Waals surface area contributed by atoms with Crippen molar-refractivity contribution in [2.45, 2.75) is 55.7 Å². The summed E-state index contributed by atoms with van der Waals surface area (Å²) in [4.78, 5) is 49.6. The van der Waals surface area contributed by atoms with Crippen molar-refractivity contribution in [2.75, 3.05) is 36.1 Å². The molecule has 9 heteroatoms. The molecule has 6 rings (SSSR count). The molecule has 6 atom stereocenters. The van der Waals surface area contributed by atoms with Gasteiger partial charge in [-0.05, 0) is 72.9 Å². The predicted molar refractivity (Wildman–Crippen MR) is 193 cm³/mol. The van der Waals surface area contributed by atoms with Crippen LogP contribution < -0.4 is 14.5 Å². The van der Waals surface area contributed by atoms with Gasteiger partial charge in [0.2, 0.25) is 11.8 Å². The van der Waals surface area contributed by atoms with Crippen molar-refractivity contribution in [1.29, 1.82) is 0 Å². The van der Waals surface area contributed by atoms with E-state index >= 15 is 4.79 Å². The number of carbonyl (C=O) groups is 3. The lowest BCUT2D eigenvalue weighted by atomic mass is 9.70. The average Bonchev–Trinajstić information content (AvgIpc) is 3.74. The summed E-state index contributed by atoms with van der Waals surface area (Å²) in [6, 6.07) is 19.9. The number of hydrogen-bond acceptors (Lipinski definition) is 6. The number of likely N-dealkylation sites (tertiary alicyclic amines) is 1. The summed E-state index contributed by atoms with van der Waals surface area (Å²) < 4.78 is 4.81. The Balaban J connectivity index is 1.42. The maximum atomic E-state index is 15.1. The van der Waals surface area contributed by atoms with E-state index in [1.165, 1.54) is 0 Å². The first kappa shape index (κ1) is 33.8. The van der Waals surface area contributed by atoms with Gasteiger partial charge in [-0.1, -0.05) is 56.3 Å². The quantitative estimate of drug-likeness (QED) is 0.222. The van der Waals surface area contributed by atoms with E-state index < -0.39 is 28.7 Å². The Morgan fingerprint density at radius 3 is 2.27 bits per heavy atom. The Kier molecular flexibility index (Phi) is 9.72. The average molecular weight is 668 g/mol. The zero-order valence-electron chi connectivity index (χ0n) is 28.0. The van der Waals surface area contributed by atoms with Crippen molar-refractivity contribution in [3.63, 3.8) is 0 Å². The number of thioether (sulfide) groups is 1. The monoisotopic (exact) mass is 667 g/mol. The highest BCUT2D eigenvalue weighted by atomic mass is 32.2. The highest BCUT2D eigenvalue weighted by Crippen LogP contribution is 2.67. The molecule has 3 amide bonds. The van der Waals surface area contributed by atoms with Crippen LogP contribution in [0.2, 0.25) is 0 Å². The first-order valence-electron chi connectivity index (χ1n) is 16.9. The number of hydrogen-bond donors (Lipinski definition) is 1. The molecule has 1 N–H and O–H groups in total. The molecule has 3 aliphatic heterocycles. The van der Waals surface area contributed by atoms with Gasteiger partial charge in [-0.3, -0.25) is 14.4 Å². The lowest BCUT2D eigenvalue weighted by Gasteiger charge is -2.40. The largest absolute Gasteiger partial charge is 0.494 e. The fourth-order valence-corrected chi connectivity index (χ4v) is 10.3. The second kappa shape index (κ2) is 13.8. The van der Waals surface area contributed by atoms with Crippen molar-refractivity contribution in [3.05, 3.63) is 92.0 Å². The molecule has 3 aromatic rings. The predicted octanol–water partition coefficient (Wildman–Crippen LogP) is 6.08. The number of rotatable bonds is 13. The molecule has 3 aromatic carbocycles. The third-order valence-corrected chi connectivity index (χ3v) is 12.2. The molecule has 2 bridgehead atoms. The second-order valence-electron chi connectivity index (χ2n) is 13.2. The van der Waals surface area contributed by atoms with Gasteiger partial charge in [-0.25, -0.2) is 0 Å². The molecule has 2 unspecified atom stereocenters. The number of fused-ring (bicyclic) bond motifs is 2. The summed E-state index contributed by atoms with van der Waals surface area (Å²) in [5, 5.41) is 12.6. The summed E-state index contributed by atoms with van der Waals surface area (Å²) in [5.74, 6) is -1.31. The maximum Gasteiger partial charge on any atom is 0.251 e. The zero-order valence-corrected chi connectivity index (χ0v) is 28.8. The molecule has 0 radical (unpaired) electrons.